The third-order valence-electron chi connectivity index (χ3n) is 5.82. The first kappa shape index (κ1) is 25.8. The van der Waals surface area contributed by atoms with Crippen LogP contribution in [0.25, 0.3) is 22.8 Å². The van der Waals surface area contributed by atoms with Crippen molar-refractivity contribution in [2.75, 3.05) is 11.1 Å². The highest BCUT2D eigenvalue weighted by Crippen LogP contribution is 2.32. The molecule has 1 N–H and O–H groups in total. The summed E-state index contributed by atoms with van der Waals surface area (Å²) in [6.07, 6.45) is 1.45. The number of aromatic nitrogens is 6. The summed E-state index contributed by atoms with van der Waals surface area (Å²) < 4.78 is 5.02. The molecule has 5 rings (SSSR count). The average molecular weight is 566 g/mol. The van der Waals surface area contributed by atoms with Crippen LogP contribution in [0.2, 0.25) is 10.0 Å². The summed E-state index contributed by atoms with van der Waals surface area (Å²) in [5.41, 5.74) is 2.10. The van der Waals surface area contributed by atoms with Crippen molar-refractivity contribution in [1.82, 2.24) is 29.1 Å². The molecule has 0 unspecified atom stereocenters. The van der Waals surface area contributed by atoms with Crippen LogP contribution in [-0.2, 0) is 11.8 Å². The predicted molar refractivity (Wildman–Crippen MR) is 150 cm³/mol. The lowest BCUT2D eigenvalue weighted by Crippen LogP contribution is -2.22. The molecule has 0 fully saturated rings. The third-order valence-corrected chi connectivity index (χ3v) is 7.30. The molecule has 3 aromatic heterocycles. The highest BCUT2D eigenvalue weighted by molar-refractivity contribution is 7.99. The monoisotopic (exact) mass is 565 g/mol. The van der Waals surface area contributed by atoms with E-state index in [2.05, 4.69) is 20.5 Å². The van der Waals surface area contributed by atoms with Gasteiger partial charge < -0.3 is 5.32 Å². The largest absolute Gasteiger partial charge is 0.310 e. The first-order chi connectivity index (χ1) is 18.3. The average Bonchev–Trinajstić information content (AvgIpc) is 3.42. The number of benzene rings is 2. The van der Waals surface area contributed by atoms with Gasteiger partial charge in [0.05, 0.1) is 27.2 Å². The summed E-state index contributed by atoms with van der Waals surface area (Å²) in [5, 5.41) is 12.7. The smallest absolute Gasteiger partial charge is 0.296 e. The maximum absolute atomic E-state index is 13.9. The van der Waals surface area contributed by atoms with E-state index in [-0.39, 0.29) is 17.2 Å². The quantitative estimate of drug-likeness (QED) is 0.273. The van der Waals surface area contributed by atoms with Crippen LogP contribution < -0.4 is 10.9 Å². The Hall–Kier alpha value is -3.86. The standard InChI is InChI=1S/C26H21Cl2N7O2S/c1-16-23(25(37)35(33(16)2)18-8-4-3-5-9-18)34-24(19-10-6-7-11-20(19)28)31-32-26(34)38-15-22(36)30-21-13-12-17(27)14-29-21/h3-14H,15H2,1-2H3,(H,29,30,36). The van der Waals surface area contributed by atoms with Crippen LogP contribution >= 0.6 is 35.0 Å². The first-order valence-corrected chi connectivity index (χ1v) is 13.2. The molecule has 3 heterocycles. The van der Waals surface area contributed by atoms with Crippen LogP contribution in [0.3, 0.4) is 0 Å². The first-order valence-electron chi connectivity index (χ1n) is 11.4. The zero-order valence-corrected chi connectivity index (χ0v) is 22.6. The molecule has 0 radical (unpaired) electrons. The van der Waals surface area contributed by atoms with Gasteiger partial charge in [-0.2, -0.15) is 0 Å². The summed E-state index contributed by atoms with van der Waals surface area (Å²) in [5.74, 6) is 0.473. The van der Waals surface area contributed by atoms with Crippen LogP contribution in [0.1, 0.15) is 5.69 Å². The Morgan fingerprint density at radius 3 is 2.45 bits per heavy atom. The number of rotatable bonds is 7. The summed E-state index contributed by atoms with van der Waals surface area (Å²) >= 11 is 13.5. The lowest BCUT2D eigenvalue weighted by molar-refractivity contribution is -0.113. The minimum absolute atomic E-state index is 0.00369. The van der Waals surface area contributed by atoms with Crippen molar-refractivity contribution in [3.05, 3.63) is 99.0 Å². The zero-order chi connectivity index (χ0) is 26.8. The number of thioether (sulfide) groups is 1. The fourth-order valence-electron chi connectivity index (χ4n) is 3.95. The number of hydrogen-bond donors (Lipinski definition) is 1. The molecule has 0 aliphatic heterocycles. The molecule has 0 atom stereocenters. The molecule has 0 aliphatic carbocycles. The summed E-state index contributed by atoms with van der Waals surface area (Å²) in [7, 11) is 1.81. The van der Waals surface area contributed by atoms with Gasteiger partial charge in [-0.1, -0.05) is 65.3 Å². The van der Waals surface area contributed by atoms with Crippen molar-refractivity contribution in [3.63, 3.8) is 0 Å². The van der Waals surface area contributed by atoms with Crippen molar-refractivity contribution < 1.29 is 4.79 Å². The Labute approximate surface area is 232 Å². The maximum atomic E-state index is 13.9. The van der Waals surface area contributed by atoms with E-state index in [1.165, 1.54) is 6.20 Å². The number of nitrogens with one attached hydrogen (secondary N) is 1. The van der Waals surface area contributed by atoms with Gasteiger partial charge in [-0.05, 0) is 43.3 Å². The Bertz CT molecular complexity index is 1680. The van der Waals surface area contributed by atoms with Crippen molar-refractivity contribution in [3.8, 4) is 22.8 Å². The molecular weight excluding hydrogens is 545 g/mol. The molecule has 192 valence electrons. The lowest BCUT2D eigenvalue weighted by Gasteiger charge is -2.10. The minimum Gasteiger partial charge on any atom is -0.310 e. The van der Waals surface area contributed by atoms with E-state index >= 15 is 0 Å². The van der Waals surface area contributed by atoms with E-state index in [9.17, 15) is 9.59 Å². The number of halogens is 2. The Balaban J connectivity index is 1.57. The van der Waals surface area contributed by atoms with E-state index in [0.717, 1.165) is 11.8 Å². The molecule has 12 heteroatoms. The van der Waals surface area contributed by atoms with Crippen LogP contribution in [-0.4, -0.2) is 40.8 Å². The fourth-order valence-corrected chi connectivity index (χ4v) is 5.02. The number of para-hydroxylation sites is 1. The van der Waals surface area contributed by atoms with Crippen LogP contribution in [0.15, 0.2) is 82.9 Å². The molecule has 1 amide bonds. The Morgan fingerprint density at radius 1 is 1.00 bits per heavy atom. The van der Waals surface area contributed by atoms with Crippen molar-refractivity contribution >= 4 is 46.7 Å². The maximum Gasteiger partial charge on any atom is 0.296 e. The van der Waals surface area contributed by atoms with E-state index in [4.69, 9.17) is 23.2 Å². The second-order valence-electron chi connectivity index (χ2n) is 8.23. The molecule has 0 saturated carbocycles. The van der Waals surface area contributed by atoms with Gasteiger partial charge in [0.2, 0.25) is 5.91 Å². The molecular formula is C26H21Cl2N7O2S. The van der Waals surface area contributed by atoms with Crippen LogP contribution in [0.5, 0.6) is 0 Å². The lowest BCUT2D eigenvalue weighted by atomic mass is 10.2. The predicted octanol–water partition coefficient (Wildman–Crippen LogP) is 5.16. The van der Waals surface area contributed by atoms with Crippen molar-refractivity contribution in [1.29, 1.82) is 0 Å². The zero-order valence-electron chi connectivity index (χ0n) is 20.3. The number of amides is 1. The van der Waals surface area contributed by atoms with Gasteiger partial charge in [-0.3, -0.25) is 18.8 Å². The fraction of sp³-hybridized carbons (Fsp3) is 0.115. The summed E-state index contributed by atoms with van der Waals surface area (Å²) in [4.78, 5) is 30.6. The topological polar surface area (TPSA) is 99.6 Å². The van der Waals surface area contributed by atoms with E-state index in [0.29, 0.717) is 49.5 Å². The number of pyridine rings is 1. The molecule has 0 aliphatic rings. The second kappa shape index (κ2) is 10.9. The number of hydrogen-bond acceptors (Lipinski definition) is 6. The van der Waals surface area contributed by atoms with E-state index in [1.807, 2.05) is 62.5 Å². The Kier molecular flexibility index (Phi) is 7.37. The normalized spacial score (nSPS) is 11.1. The minimum atomic E-state index is -0.301. The van der Waals surface area contributed by atoms with Gasteiger partial charge in [0.1, 0.15) is 11.5 Å². The number of carbonyl (C=O) groups excluding carboxylic acids is 1. The molecule has 9 nitrogen and oxygen atoms in total. The number of nitrogens with zero attached hydrogens (tertiary/aromatic N) is 6. The molecule has 38 heavy (non-hydrogen) atoms. The van der Waals surface area contributed by atoms with E-state index in [1.54, 1.807) is 32.1 Å². The van der Waals surface area contributed by atoms with Gasteiger partial charge in [-0.15, -0.1) is 10.2 Å². The van der Waals surface area contributed by atoms with E-state index < -0.39 is 0 Å². The summed E-state index contributed by atoms with van der Waals surface area (Å²) in [6, 6.07) is 19.8. The molecule has 0 spiro atoms. The third kappa shape index (κ3) is 4.98. The number of carbonyl (C=O) groups is 1. The second-order valence-corrected chi connectivity index (χ2v) is 10.0. The summed E-state index contributed by atoms with van der Waals surface area (Å²) in [6.45, 7) is 1.85. The van der Waals surface area contributed by atoms with Crippen molar-refractivity contribution in [2.24, 2.45) is 7.05 Å². The molecule has 2 aromatic carbocycles. The molecule has 0 bridgehead atoms. The van der Waals surface area contributed by atoms with Crippen LogP contribution in [0.4, 0.5) is 5.82 Å². The van der Waals surface area contributed by atoms with Gasteiger partial charge >= 0.3 is 0 Å². The van der Waals surface area contributed by atoms with Gasteiger partial charge in [0.15, 0.2) is 11.0 Å². The highest BCUT2D eigenvalue weighted by Gasteiger charge is 2.26. The van der Waals surface area contributed by atoms with Gasteiger partial charge in [0.25, 0.3) is 5.56 Å². The highest BCUT2D eigenvalue weighted by atomic mass is 35.5. The Morgan fingerprint density at radius 2 is 1.74 bits per heavy atom. The molecule has 0 saturated heterocycles. The van der Waals surface area contributed by atoms with Gasteiger partial charge in [-0.25, -0.2) is 9.67 Å². The SMILES string of the molecule is Cc1c(-n2c(SCC(=O)Nc3ccc(Cl)cn3)nnc2-c2ccccc2Cl)c(=O)n(-c2ccccc2)n1C. The van der Waals surface area contributed by atoms with Crippen LogP contribution in [0, 0.1) is 6.92 Å². The van der Waals surface area contributed by atoms with Gasteiger partial charge in [0, 0.05) is 18.8 Å². The molecule has 5 aromatic rings. The van der Waals surface area contributed by atoms with Crippen molar-refractivity contribution in [2.45, 2.75) is 12.1 Å². The number of anilines is 1.